The smallest absolute Gasteiger partial charge is 0.268 e. The van der Waals surface area contributed by atoms with Crippen LogP contribution in [-0.2, 0) is 18.4 Å². The number of nitrogens with one attached hydrogen (secondary N) is 1. The zero-order valence-electron chi connectivity index (χ0n) is 47.7. The van der Waals surface area contributed by atoms with Gasteiger partial charge in [-0.15, -0.1) is 0 Å². The number of aliphatic hydroxyl groups is 1. The van der Waals surface area contributed by atoms with Crippen molar-refractivity contribution in [3.63, 3.8) is 0 Å². The lowest BCUT2D eigenvalue weighted by atomic mass is 10.0. The minimum atomic E-state index is -4.61. The van der Waals surface area contributed by atoms with Crippen molar-refractivity contribution < 1.29 is 32.9 Å². The maximum absolute atomic E-state index is 12.9. The number of likely N-dealkylation sites (N-methyl/N-ethyl adjacent to an activating group) is 1. The van der Waals surface area contributed by atoms with Gasteiger partial charge in [-0.2, -0.15) is 0 Å². The number of allylic oxidation sites excluding steroid dienone is 7. The number of hydrogen-bond acceptors (Lipinski definition) is 6. The monoisotopic (exact) mass is 1020 g/mol. The fourth-order valence-electron chi connectivity index (χ4n) is 8.95. The van der Waals surface area contributed by atoms with E-state index < -0.39 is 26.6 Å². The van der Waals surface area contributed by atoms with Crippen LogP contribution in [0.3, 0.4) is 0 Å². The average Bonchev–Trinajstić information content (AvgIpc) is 3.33. The third-order valence-electron chi connectivity index (χ3n) is 13.7. The van der Waals surface area contributed by atoms with Gasteiger partial charge in [-0.25, -0.2) is 0 Å². The molecule has 0 saturated carbocycles. The summed E-state index contributed by atoms with van der Waals surface area (Å²) in [6.45, 7) is 4.64. The van der Waals surface area contributed by atoms with E-state index in [1.54, 1.807) is 6.08 Å². The van der Waals surface area contributed by atoms with E-state index in [-0.39, 0.29) is 12.5 Å². The molecular formula is C62H119N2O6P. The molecule has 0 aromatic rings. The summed E-state index contributed by atoms with van der Waals surface area (Å²) in [5, 5.41) is 13.9. The molecule has 0 rings (SSSR count). The molecule has 71 heavy (non-hydrogen) atoms. The Morgan fingerprint density at radius 2 is 0.789 bits per heavy atom. The number of phosphoric acid groups is 1. The van der Waals surface area contributed by atoms with Crippen molar-refractivity contribution in [1.82, 2.24) is 5.32 Å². The van der Waals surface area contributed by atoms with Crippen molar-refractivity contribution in [2.24, 2.45) is 0 Å². The van der Waals surface area contributed by atoms with Gasteiger partial charge in [-0.3, -0.25) is 9.36 Å². The molecule has 0 aliphatic rings. The Bertz CT molecular complexity index is 1290. The number of quaternary nitrogens is 1. The molecule has 0 aliphatic heterocycles. The summed E-state index contributed by atoms with van der Waals surface area (Å²) >= 11 is 0. The Morgan fingerprint density at radius 3 is 1.14 bits per heavy atom. The molecule has 3 unspecified atom stereocenters. The maximum Gasteiger partial charge on any atom is 0.268 e. The topological polar surface area (TPSA) is 108 Å². The number of aliphatic hydroxyl groups excluding tert-OH is 1. The molecule has 0 bridgehead atoms. The Labute approximate surface area is 441 Å². The summed E-state index contributed by atoms with van der Waals surface area (Å²) in [6.07, 6.45) is 70.7. The highest BCUT2D eigenvalue weighted by Gasteiger charge is 2.23. The van der Waals surface area contributed by atoms with Crippen LogP contribution in [-0.4, -0.2) is 68.5 Å². The minimum absolute atomic E-state index is 0.0103. The minimum Gasteiger partial charge on any atom is -0.756 e. The third kappa shape index (κ3) is 56.0. The maximum atomic E-state index is 12.9. The molecule has 3 atom stereocenters. The second kappa shape index (κ2) is 53.3. The summed E-state index contributed by atoms with van der Waals surface area (Å²) in [7, 11) is 1.24. The highest BCUT2D eigenvalue weighted by molar-refractivity contribution is 7.45. The van der Waals surface area contributed by atoms with Crippen LogP contribution in [0.5, 0.6) is 0 Å². The molecule has 9 heteroatoms. The molecule has 0 aliphatic carbocycles. The second-order valence-electron chi connectivity index (χ2n) is 22.0. The van der Waals surface area contributed by atoms with Crippen LogP contribution < -0.4 is 10.2 Å². The van der Waals surface area contributed by atoms with E-state index in [1.165, 1.54) is 225 Å². The largest absolute Gasteiger partial charge is 0.756 e. The standard InChI is InChI=1S/C62H119N2O6P/c1-6-8-10-12-14-16-18-20-22-24-25-26-27-28-29-30-31-32-33-34-35-36-37-38-40-41-43-45-47-49-51-53-55-61(65)60(59-70-71(67,68)69-58-57-64(3,4)5)63-62(66)56-54-52-50-48-46-44-42-39-23-21-19-17-15-13-11-9-7-2/h21,23,38,40,45,47,53,55,60-61,65H,6-20,22,24-37,39,41-44,46,48-52,54,56-59H2,1-5H3,(H-,63,66,67,68)/b23-21-,40-38+,47-45+,55-53+. The number of amides is 1. The molecular weight excluding hydrogens is 900 g/mol. The van der Waals surface area contributed by atoms with Crippen LogP contribution in [0.15, 0.2) is 48.6 Å². The van der Waals surface area contributed by atoms with E-state index in [2.05, 4.69) is 55.6 Å². The van der Waals surface area contributed by atoms with Gasteiger partial charge in [-0.1, -0.05) is 262 Å². The molecule has 0 spiro atoms. The van der Waals surface area contributed by atoms with Crippen LogP contribution in [0.25, 0.3) is 0 Å². The van der Waals surface area contributed by atoms with Crippen LogP contribution >= 0.6 is 7.82 Å². The normalized spacial score (nSPS) is 14.2. The van der Waals surface area contributed by atoms with Gasteiger partial charge in [0.05, 0.1) is 39.9 Å². The lowest BCUT2D eigenvalue weighted by molar-refractivity contribution is -0.870. The number of hydrogen-bond donors (Lipinski definition) is 2. The van der Waals surface area contributed by atoms with Gasteiger partial charge in [0.1, 0.15) is 13.2 Å². The molecule has 2 N–H and O–H groups in total. The van der Waals surface area contributed by atoms with Gasteiger partial charge in [0.15, 0.2) is 0 Å². The number of carbonyl (C=O) groups excluding carboxylic acids is 1. The predicted molar refractivity (Wildman–Crippen MR) is 307 cm³/mol. The summed E-state index contributed by atoms with van der Waals surface area (Å²) in [5.74, 6) is -0.214. The first-order valence-electron chi connectivity index (χ1n) is 30.5. The summed E-state index contributed by atoms with van der Waals surface area (Å²) < 4.78 is 23.3. The van der Waals surface area contributed by atoms with Crippen LogP contribution in [0.4, 0.5) is 0 Å². The number of nitrogens with zero attached hydrogens (tertiary/aromatic N) is 1. The predicted octanol–water partition coefficient (Wildman–Crippen LogP) is 18.1. The van der Waals surface area contributed by atoms with Gasteiger partial charge in [0, 0.05) is 6.42 Å². The Hall–Kier alpha value is -1.54. The Morgan fingerprint density at radius 1 is 0.479 bits per heavy atom. The molecule has 418 valence electrons. The quantitative estimate of drug-likeness (QED) is 0.0272. The molecule has 8 nitrogen and oxygen atoms in total. The second-order valence-corrected chi connectivity index (χ2v) is 23.4. The van der Waals surface area contributed by atoms with Crippen LogP contribution in [0.2, 0.25) is 0 Å². The van der Waals surface area contributed by atoms with E-state index in [9.17, 15) is 19.4 Å². The van der Waals surface area contributed by atoms with Crippen molar-refractivity contribution in [2.45, 2.75) is 302 Å². The molecule has 0 fully saturated rings. The van der Waals surface area contributed by atoms with E-state index in [0.29, 0.717) is 17.4 Å². The summed E-state index contributed by atoms with van der Waals surface area (Å²) in [4.78, 5) is 25.5. The van der Waals surface area contributed by atoms with Crippen molar-refractivity contribution >= 4 is 13.7 Å². The Balaban J connectivity index is 4.18. The molecule has 1 amide bonds. The summed E-state index contributed by atoms with van der Waals surface area (Å²) in [6, 6.07) is -0.913. The first kappa shape index (κ1) is 69.5. The highest BCUT2D eigenvalue weighted by Crippen LogP contribution is 2.38. The molecule has 0 aromatic heterocycles. The number of phosphoric ester groups is 1. The van der Waals surface area contributed by atoms with Gasteiger partial charge in [0.2, 0.25) is 5.91 Å². The van der Waals surface area contributed by atoms with E-state index in [1.807, 2.05) is 27.2 Å². The first-order valence-corrected chi connectivity index (χ1v) is 32.0. The molecule has 0 saturated heterocycles. The number of unbranched alkanes of at least 4 members (excludes halogenated alkanes) is 37. The highest BCUT2D eigenvalue weighted by atomic mass is 31.2. The molecule has 0 heterocycles. The lowest BCUT2D eigenvalue weighted by Gasteiger charge is -2.29. The van der Waals surface area contributed by atoms with Crippen molar-refractivity contribution in [3.8, 4) is 0 Å². The summed E-state index contributed by atoms with van der Waals surface area (Å²) in [5.41, 5.74) is 0. The van der Waals surface area contributed by atoms with Crippen molar-refractivity contribution in [1.29, 1.82) is 0 Å². The van der Waals surface area contributed by atoms with Crippen molar-refractivity contribution in [3.05, 3.63) is 48.6 Å². The van der Waals surface area contributed by atoms with Gasteiger partial charge in [-0.05, 0) is 70.6 Å². The zero-order valence-corrected chi connectivity index (χ0v) is 48.6. The first-order chi connectivity index (χ1) is 34.5. The fourth-order valence-corrected chi connectivity index (χ4v) is 9.67. The Kier molecular flexibility index (Phi) is 52.1. The SMILES string of the molecule is CCCCCCCC/C=C\CCCCCCCCCC(=O)NC(COP(=O)([O-])OCC[N+](C)(C)C)C(O)/C=C/CC/C=C/CC/C=C/CCCCCCCCCCCCCCCCCCCCCCCC. The number of carbonyl (C=O) groups is 1. The van der Waals surface area contributed by atoms with Crippen LogP contribution in [0.1, 0.15) is 290 Å². The number of rotatable bonds is 56. The van der Waals surface area contributed by atoms with E-state index >= 15 is 0 Å². The average molecular weight is 1020 g/mol. The van der Waals surface area contributed by atoms with Gasteiger partial charge >= 0.3 is 0 Å². The van der Waals surface area contributed by atoms with Gasteiger partial charge < -0.3 is 28.8 Å². The van der Waals surface area contributed by atoms with Crippen molar-refractivity contribution in [2.75, 3.05) is 40.9 Å². The fraction of sp³-hybridized carbons (Fsp3) is 0.855. The third-order valence-corrected chi connectivity index (χ3v) is 14.7. The lowest BCUT2D eigenvalue weighted by Crippen LogP contribution is -2.45. The molecule has 0 aromatic carbocycles. The molecule has 0 radical (unpaired) electrons. The van der Waals surface area contributed by atoms with Crippen LogP contribution in [0, 0.1) is 0 Å². The van der Waals surface area contributed by atoms with E-state index in [4.69, 9.17) is 9.05 Å². The zero-order chi connectivity index (χ0) is 52.0. The van der Waals surface area contributed by atoms with E-state index in [0.717, 1.165) is 44.9 Å². The van der Waals surface area contributed by atoms with Gasteiger partial charge in [0.25, 0.3) is 7.82 Å².